The normalized spacial score (nSPS) is 18.4. The van der Waals surface area contributed by atoms with E-state index in [0.29, 0.717) is 17.1 Å². The van der Waals surface area contributed by atoms with Crippen molar-refractivity contribution in [1.82, 2.24) is 14.2 Å². The molecule has 12 heteroatoms. The van der Waals surface area contributed by atoms with Gasteiger partial charge in [0, 0.05) is 53.4 Å². The minimum absolute atomic E-state index is 0.0380. The van der Waals surface area contributed by atoms with Crippen molar-refractivity contribution in [2.45, 2.75) is 16.4 Å². The van der Waals surface area contributed by atoms with Crippen molar-refractivity contribution in [1.29, 1.82) is 0 Å². The molecule has 40 heavy (non-hydrogen) atoms. The van der Waals surface area contributed by atoms with E-state index in [1.54, 1.807) is 19.2 Å². The van der Waals surface area contributed by atoms with Crippen LogP contribution in [-0.2, 0) is 15.4 Å². The first-order chi connectivity index (χ1) is 19.1. The number of hydrogen-bond donors (Lipinski definition) is 3. The first kappa shape index (κ1) is 26.2. The van der Waals surface area contributed by atoms with Crippen molar-refractivity contribution in [3.05, 3.63) is 89.6 Å². The molecule has 3 heterocycles. The van der Waals surface area contributed by atoms with Crippen LogP contribution in [0, 0.1) is 11.6 Å². The van der Waals surface area contributed by atoms with Crippen molar-refractivity contribution < 1.29 is 31.8 Å². The number of carbonyl (C=O) groups is 1. The zero-order chi connectivity index (χ0) is 28.2. The minimum atomic E-state index is -4.00. The maximum absolute atomic E-state index is 13.9. The number of ether oxygens (including phenoxy) is 1. The summed E-state index contributed by atoms with van der Waals surface area (Å²) in [6.07, 6.45) is 0. The predicted octanol–water partition coefficient (Wildman–Crippen LogP) is 3.98. The number of urea groups is 1. The van der Waals surface area contributed by atoms with Gasteiger partial charge < -0.3 is 25.0 Å². The second-order valence-electron chi connectivity index (χ2n) is 10.1. The van der Waals surface area contributed by atoms with Crippen LogP contribution in [0.25, 0.3) is 10.9 Å². The topological polar surface area (TPSA) is 115 Å². The number of halogens is 2. The van der Waals surface area contributed by atoms with Crippen molar-refractivity contribution in [3.63, 3.8) is 0 Å². The Morgan fingerprint density at radius 1 is 1.07 bits per heavy atom. The van der Waals surface area contributed by atoms with E-state index in [2.05, 4.69) is 10.3 Å². The van der Waals surface area contributed by atoms with E-state index < -0.39 is 45.8 Å². The number of nitrogens with one attached hydrogen (secondary N) is 2. The molecule has 208 valence electrons. The number of benzene rings is 3. The summed E-state index contributed by atoms with van der Waals surface area (Å²) in [6, 6.07) is 14.3. The number of rotatable bonds is 5. The molecule has 0 radical (unpaired) electrons. The Labute approximate surface area is 229 Å². The highest BCUT2D eigenvalue weighted by molar-refractivity contribution is 7.89. The zero-order valence-electron chi connectivity index (χ0n) is 21.4. The molecule has 3 aromatic carbocycles. The van der Waals surface area contributed by atoms with Gasteiger partial charge in [0.1, 0.15) is 17.4 Å². The number of aromatic nitrogens is 1. The molecule has 1 spiro atoms. The Morgan fingerprint density at radius 3 is 2.50 bits per heavy atom. The number of hydrogen-bond acceptors (Lipinski definition) is 5. The fraction of sp³-hybridized carbons (Fsp3) is 0.250. The summed E-state index contributed by atoms with van der Waals surface area (Å²) >= 11 is 0. The standard InChI is InChI=1S/C28H26F2N4O5S/c1-39-20-9-10-22-23(12-20)32-26-24(13-35)34(27(36)31-19-7-5-17(29)6-8-19)16-28(25(22)26)14-33(15-28)40(37,38)21-4-2-3-18(30)11-21/h2-12,24,32,35H,13-16H2,1H3,(H,31,36)/t24-/m1/s1. The number of fused-ring (bicyclic) bond motifs is 4. The van der Waals surface area contributed by atoms with Crippen LogP contribution in [0.5, 0.6) is 5.75 Å². The van der Waals surface area contributed by atoms with E-state index >= 15 is 0 Å². The van der Waals surface area contributed by atoms with Gasteiger partial charge in [-0.2, -0.15) is 4.31 Å². The van der Waals surface area contributed by atoms with E-state index in [1.165, 1.54) is 51.7 Å². The third kappa shape index (κ3) is 4.19. The summed E-state index contributed by atoms with van der Waals surface area (Å²) in [7, 11) is -2.45. The molecule has 0 bridgehead atoms. The van der Waals surface area contributed by atoms with Gasteiger partial charge in [-0.25, -0.2) is 22.0 Å². The van der Waals surface area contributed by atoms with Gasteiger partial charge in [-0.15, -0.1) is 0 Å². The summed E-state index contributed by atoms with van der Waals surface area (Å²) in [5.74, 6) is -0.498. The molecule has 1 fully saturated rings. The Morgan fingerprint density at radius 2 is 1.82 bits per heavy atom. The largest absolute Gasteiger partial charge is 0.497 e. The van der Waals surface area contributed by atoms with Crippen molar-refractivity contribution >= 4 is 32.6 Å². The lowest BCUT2D eigenvalue weighted by Gasteiger charge is -2.55. The first-order valence-corrected chi connectivity index (χ1v) is 14.0. The number of aliphatic hydroxyl groups excluding tert-OH is 1. The Hall–Kier alpha value is -4.00. The number of methoxy groups -OCH3 is 1. The van der Waals surface area contributed by atoms with Crippen LogP contribution in [0.15, 0.2) is 71.6 Å². The number of aromatic amines is 1. The maximum Gasteiger partial charge on any atom is 0.322 e. The lowest BCUT2D eigenvalue weighted by molar-refractivity contribution is 0.0550. The number of aliphatic hydroxyl groups is 1. The van der Waals surface area contributed by atoms with Crippen LogP contribution < -0.4 is 10.1 Å². The van der Waals surface area contributed by atoms with Gasteiger partial charge in [-0.05, 0) is 60.2 Å². The molecule has 1 aromatic heterocycles. The van der Waals surface area contributed by atoms with E-state index in [-0.39, 0.29) is 24.5 Å². The SMILES string of the molecule is COc1ccc2c3c([nH]c2c1)[C@@H](CO)N(C(=O)Nc1ccc(F)cc1)CC31CN(S(=O)(=O)c2cccc(F)c2)C1. The third-order valence-corrected chi connectivity index (χ3v) is 9.46. The monoisotopic (exact) mass is 568 g/mol. The zero-order valence-corrected chi connectivity index (χ0v) is 22.2. The Kier molecular flexibility index (Phi) is 6.28. The van der Waals surface area contributed by atoms with Gasteiger partial charge >= 0.3 is 6.03 Å². The minimum Gasteiger partial charge on any atom is -0.497 e. The molecule has 4 aromatic rings. The molecule has 2 amide bonds. The van der Waals surface area contributed by atoms with Gasteiger partial charge in [0.05, 0.1) is 24.7 Å². The molecule has 1 atom stereocenters. The molecular weight excluding hydrogens is 542 g/mol. The van der Waals surface area contributed by atoms with E-state index in [0.717, 1.165) is 22.5 Å². The van der Waals surface area contributed by atoms with Crippen LogP contribution in [-0.4, -0.2) is 67.1 Å². The summed E-state index contributed by atoms with van der Waals surface area (Å²) in [5.41, 5.74) is 1.69. The highest BCUT2D eigenvalue weighted by Gasteiger charge is 2.56. The summed E-state index contributed by atoms with van der Waals surface area (Å²) in [5, 5.41) is 14.0. The maximum atomic E-state index is 13.9. The highest BCUT2D eigenvalue weighted by Crippen LogP contribution is 2.49. The molecule has 3 N–H and O–H groups in total. The lowest BCUT2D eigenvalue weighted by atomic mass is 9.70. The van der Waals surface area contributed by atoms with Crippen LogP contribution in [0.1, 0.15) is 17.3 Å². The van der Waals surface area contributed by atoms with E-state index in [1.807, 2.05) is 6.07 Å². The average Bonchev–Trinajstić information content (AvgIpc) is 3.31. The Bertz CT molecular complexity index is 1720. The van der Waals surface area contributed by atoms with Crippen LogP contribution in [0.2, 0.25) is 0 Å². The fourth-order valence-corrected chi connectivity index (χ4v) is 7.43. The number of carbonyl (C=O) groups excluding carboxylic acids is 1. The number of sulfonamides is 1. The number of nitrogens with zero attached hydrogens (tertiary/aromatic N) is 2. The van der Waals surface area contributed by atoms with Crippen LogP contribution in [0.4, 0.5) is 19.3 Å². The van der Waals surface area contributed by atoms with Crippen LogP contribution in [0.3, 0.4) is 0 Å². The Balaban J connectivity index is 1.41. The number of amides is 2. The molecule has 2 aliphatic heterocycles. The summed E-state index contributed by atoms with van der Waals surface area (Å²) < 4.78 is 60.6. The van der Waals surface area contributed by atoms with E-state index in [4.69, 9.17) is 4.74 Å². The molecule has 2 aliphatic rings. The van der Waals surface area contributed by atoms with Gasteiger partial charge in [0.15, 0.2) is 0 Å². The first-order valence-electron chi connectivity index (χ1n) is 12.5. The highest BCUT2D eigenvalue weighted by atomic mass is 32.2. The van der Waals surface area contributed by atoms with Gasteiger partial charge in [-0.1, -0.05) is 6.07 Å². The van der Waals surface area contributed by atoms with Crippen molar-refractivity contribution in [2.24, 2.45) is 0 Å². The molecule has 0 aliphatic carbocycles. The molecule has 0 unspecified atom stereocenters. The van der Waals surface area contributed by atoms with Gasteiger partial charge in [0.2, 0.25) is 10.0 Å². The number of H-pyrrole nitrogens is 1. The van der Waals surface area contributed by atoms with Crippen molar-refractivity contribution in [3.8, 4) is 5.75 Å². The second kappa shape index (κ2) is 9.58. The molecule has 6 rings (SSSR count). The molecular formula is C28H26F2N4O5S. The molecule has 9 nitrogen and oxygen atoms in total. The molecule has 0 saturated carbocycles. The quantitative estimate of drug-likeness (QED) is 0.337. The predicted molar refractivity (Wildman–Crippen MR) is 144 cm³/mol. The van der Waals surface area contributed by atoms with E-state index in [9.17, 15) is 27.1 Å². The second-order valence-corrected chi connectivity index (χ2v) is 12.0. The third-order valence-electron chi connectivity index (χ3n) is 7.67. The molecule has 1 saturated heterocycles. The van der Waals surface area contributed by atoms with Crippen LogP contribution >= 0.6 is 0 Å². The fourth-order valence-electron chi connectivity index (χ4n) is 5.78. The smallest absolute Gasteiger partial charge is 0.322 e. The lowest BCUT2D eigenvalue weighted by Crippen LogP contribution is -2.68. The van der Waals surface area contributed by atoms with Crippen molar-refractivity contribution in [2.75, 3.05) is 38.7 Å². The number of anilines is 1. The summed E-state index contributed by atoms with van der Waals surface area (Å²) in [6.45, 7) is -0.214. The average molecular weight is 569 g/mol. The summed E-state index contributed by atoms with van der Waals surface area (Å²) in [4.78, 5) is 18.2. The van der Waals surface area contributed by atoms with Gasteiger partial charge in [0.25, 0.3) is 0 Å². The van der Waals surface area contributed by atoms with Gasteiger partial charge in [-0.3, -0.25) is 0 Å².